The first kappa shape index (κ1) is 24.2. The van der Waals surface area contributed by atoms with Gasteiger partial charge in [-0.1, -0.05) is 0 Å². The van der Waals surface area contributed by atoms with Crippen molar-refractivity contribution in [3.63, 3.8) is 0 Å². The second-order valence-electron chi connectivity index (χ2n) is 9.35. The quantitative estimate of drug-likeness (QED) is 0.428. The Balaban J connectivity index is 2.00. The van der Waals surface area contributed by atoms with Crippen molar-refractivity contribution < 1.29 is 19.0 Å². The lowest BCUT2D eigenvalue weighted by Crippen LogP contribution is -2.37. The number of ether oxygens (including phenoxy) is 1. The van der Waals surface area contributed by atoms with E-state index in [4.69, 9.17) is 9.72 Å². The van der Waals surface area contributed by atoms with Gasteiger partial charge in [-0.05, 0) is 58.9 Å². The van der Waals surface area contributed by atoms with Crippen LogP contribution in [0.15, 0.2) is 30.6 Å². The predicted octanol–water partition coefficient (Wildman–Crippen LogP) is 4.73. The number of amides is 1. The second-order valence-corrected chi connectivity index (χ2v) is 9.35. The number of hydrogen-bond acceptors (Lipinski definition) is 6. The fourth-order valence-corrected chi connectivity index (χ4v) is 4.03. The highest BCUT2D eigenvalue weighted by molar-refractivity contribution is 6.09. The molecule has 0 saturated heterocycles. The average Bonchev–Trinajstić information content (AvgIpc) is 3.37. The molecule has 35 heavy (non-hydrogen) atoms. The van der Waals surface area contributed by atoms with Gasteiger partial charge in [-0.3, -0.25) is 4.90 Å². The molecule has 2 N–H and O–H groups in total. The number of carbonyl (C=O) groups excluding carboxylic acids is 1. The predicted molar refractivity (Wildman–Crippen MR) is 130 cm³/mol. The van der Waals surface area contributed by atoms with Crippen molar-refractivity contribution in [1.29, 1.82) is 5.26 Å². The van der Waals surface area contributed by atoms with Crippen LogP contribution in [0.3, 0.4) is 0 Å². The first-order chi connectivity index (χ1) is 16.5. The number of aliphatic hydroxyl groups excluding tert-OH is 1. The van der Waals surface area contributed by atoms with Crippen molar-refractivity contribution in [2.24, 2.45) is 0 Å². The van der Waals surface area contributed by atoms with Crippen molar-refractivity contribution >= 4 is 34.0 Å². The van der Waals surface area contributed by atoms with Gasteiger partial charge in [0.25, 0.3) is 0 Å². The first-order valence-electron chi connectivity index (χ1n) is 11.3. The molecule has 4 rings (SSSR count). The van der Waals surface area contributed by atoms with Gasteiger partial charge in [0.2, 0.25) is 0 Å². The summed E-state index contributed by atoms with van der Waals surface area (Å²) in [5.41, 5.74) is 2.07. The van der Waals surface area contributed by atoms with E-state index in [1.165, 1.54) is 17.3 Å². The number of anilines is 1. The molecule has 3 aromatic heterocycles. The Morgan fingerprint density at radius 2 is 2.09 bits per heavy atom. The molecule has 1 atom stereocenters. The maximum atomic E-state index is 14.3. The van der Waals surface area contributed by atoms with Crippen LogP contribution in [0.5, 0.6) is 0 Å². The smallest absolute Gasteiger partial charge is 0.416 e. The van der Waals surface area contributed by atoms with E-state index in [1.807, 2.05) is 13.0 Å². The highest BCUT2D eigenvalue weighted by Crippen LogP contribution is 2.36. The lowest BCUT2D eigenvalue weighted by atomic mass is 10.1. The molecule has 0 aliphatic heterocycles. The third kappa shape index (κ3) is 4.68. The number of nitrogens with one attached hydrogen (secondary N) is 1. The van der Waals surface area contributed by atoms with E-state index >= 15 is 0 Å². The average molecular weight is 479 g/mol. The maximum absolute atomic E-state index is 14.3. The van der Waals surface area contributed by atoms with E-state index in [0.29, 0.717) is 45.7 Å². The Morgan fingerprint density at radius 3 is 2.71 bits per heavy atom. The number of halogens is 1. The number of fused-ring (bicyclic) bond motifs is 3. The fourth-order valence-electron chi connectivity index (χ4n) is 4.03. The number of hydrogen-bond donors (Lipinski definition) is 2. The highest BCUT2D eigenvalue weighted by atomic mass is 19.1. The molecule has 0 fully saturated rings. The van der Waals surface area contributed by atoms with Crippen LogP contribution in [0, 0.1) is 17.1 Å². The molecule has 1 amide bonds. The molecule has 182 valence electrons. The number of aliphatic hydroxyl groups is 1. The number of imidazole rings is 1. The topological polar surface area (TPSA) is 120 Å². The van der Waals surface area contributed by atoms with Crippen LogP contribution >= 0.6 is 0 Å². The van der Waals surface area contributed by atoms with Gasteiger partial charge >= 0.3 is 6.09 Å². The summed E-state index contributed by atoms with van der Waals surface area (Å²) in [6.45, 7) is 9.25. The van der Waals surface area contributed by atoms with Crippen LogP contribution in [-0.2, 0) is 11.3 Å². The zero-order valence-electron chi connectivity index (χ0n) is 20.3. The number of nitriles is 1. The SMILES string of the molecule is CCN(C(=O)OC(C)(C)C)c1nc2c(cc(-c3cc(F)cc(C#N)c3)n2CC(C)O)c2nc[nH]c12. The summed E-state index contributed by atoms with van der Waals surface area (Å²) in [5.74, 6) is -0.219. The minimum Gasteiger partial charge on any atom is -0.443 e. The van der Waals surface area contributed by atoms with Crippen molar-refractivity contribution in [2.45, 2.75) is 52.9 Å². The van der Waals surface area contributed by atoms with E-state index in [-0.39, 0.29) is 12.1 Å². The van der Waals surface area contributed by atoms with Crippen LogP contribution in [0.2, 0.25) is 0 Å². The fraction of sp³-hybridized carbons (Fsp3) is 0.360. The van der Waals surface area contributed by atoms with E-state index in [2.05, 4.69) is 9.97 Å². The standard InChI is InChI=1S/C25H27FN6O3/c1-6-31(24(34)35-25(3,4)5)23-21-20(28-13-29-21)18-10-19(32(12-14(2)33)22(18)30-23)16-7-15(11-27)8-17(26)9-16/h7-10,13-14,33H,6,12H2,1-5H3,(H,28,29). The molecule has 0 aliphatic carbocycles. The lowest BCUT2D eigenvalue weighted by Gasteiger charge is -2.26. The maximum Gasteiger partial charge on any atom is 0.416 e. The van der Waals surface area contributed by atoms with Gasteiger partial charge in [0.05, 0.1) is 36.3 Å². The van der Waals surface area contributed by atoms with E-state index in [0.717, 1.165) is 6.07 Å². The number of pyridine rings is 1. The zero-order valence-corrected chi connectivity index (χ0v) is 20.3. The zero-order chi connectivity index (χ0) is 25.5. The Morgan fingerprint density at radius 1 is 1.34 bits per heavy atom. The number of benzene rings is 1. The monoisotopic (exact) mass is 478 g/mol. The van der Waals surface area contributed by atoms with Gasteiger partial charge in [-0.25, -0.2) is 19.2 Å². The number of rotatable bonds is 5. The number of aromatic amines is 1. The summed E-state index contributed by atoms with van der Waals surface area (Å²) in [7, 11) is 0. The summed E-state index contributed by atoms with van der Waals surface area (Å²) in [6, 6.07) is 7.84. The Kier molecular flexibility index (Phi) is 6.21. The minimum atomic E-state index is -0.749. The number of carbonyl (C=O) groups is 1. The molecule has 0 bridgehead atoms. The summed E-state index contributed by atoms with van der Waals surface area (Å²) in [4.78, 5) is 26.8. The second kappa shape index (κ2) is 9.00. The van der Waals surface area contributed by atoms with Crippen LogP contribution < -0.4 is 4.90 Å². The van der Waals surface area contributed by atoms with Crippen LogP contribution in [0.25, 0.3) is 33.3 Å². The molecule has 1 unspecified atom stereocenters. The molecular weight excluding hydrogens is 451 g/mol. The third-order valence-electron chi connectivity index (χ3n) is 5.35. The molecule has 0 spiro atoms. The summed E-state index contributed by atoms with van der Waals surface area (Å²) < 4.78 is 21.6. The van der Waals surface area contributed by atoms with E-state index in [9.17, 15) is 19.6 Å². The number of aromatic nitrogens is 4. The van der Waals surface area contributed by atoms with Gasteiger partial charge in [0.1, 0.15) is 28.1 Å². The van der Waals surface area contributed by atoms with Gasteiger partial charge in [-0.15, -0.1) is 0 Å². The minimum absolute atomic E-state index is 0.151. The Hall–Kier alpha value is -3.97. The normalized spacial score (nSPS) is 12.6. The summed E-state index contributed by atoms with van der Waals surface area (Å²) >= 11 is 0. The van der Waals surface area contributed by atoms with Crippen molar-refractivity contribution in [3.8, 4) is 17.3 Å². The Bertz CT molecular complexity index is 1460. The molecule has 0 saturated carbocycles. The molecule has 4 aromatic rings. The van der Waals surface area contributed by atoms with Gasteiger partial charge in [0, 0.05) is 17.5 Å². The van der Waals surface area contributed by atoms with Gasteiger partial charge in [-0.2, -0.15) is 5.26 Å². The third-order valence-corrected chi connectivity index (χ3v) is 5.35. The van der Waals surface area contributed by atoms with Crippen LogP contribution in [-0.4, -0.2) is 49.0 Å². The van der Waals surface area contributed by atoms with Gasteiger partial charge in [0.15, 0.2) is 5.82 Å². The summed E-state index contributed by atoms with van der Waals surface area (Å²) in [6.07, 6.45) is 0.210. The molecule has 10 heteroatoms. The van der Waals surface area contributed by atoms with Crippen molar-refractivity contribution in [1.82, 2.24) is 19.5 Å². The van der Waals surface area contributed by atoms with Crippen LogP contribution in [0.4, 0.5) is 15.0 Å². The highest BCUT2D eigenvalue weighted by Gasteiger charge is 2.28. The molecular formula is C25H27FN6O3. The van der Waals surface area contributed by atoms with Gasteiger partial charge < -0.3 is 19.4 Å². The molecule has 0 aliphatic rings. The molecule has 9 nitrogen and oxygen atoms in total. The number of H-pyrrole nitrogens is 1. The Labute approximate surface area is 201 Å². The van der Waals surface area contributed by atoms with Crippen LogP contribution in [0.1, 0.15) is 40.2 Å². The summed E-state index contributed by atoms with van der Waals surface area (Å²) in [5, 5.41) is 20.2. The first-order valence-corrected chi connectivity index (χ1v) is 11.3. The van der Waals surface area contributed by atoms with E-state index in [1.54, 1.807) is 44.4 Å². The lowest BCUT2D eigenvalue weighted by molar-refractivity contribution is 0.0581. The number of nitrogens with zero attached hydrogens (tertiary/aromatic N) is 5. The van der Waals surface area contributed by atoms with Crippen molar-refractivity contribution in [3.05, 3.63) is 42.0 Å². The van der Waals surface area contributed by atoms with Crippen molar-refractivity contribution in [2.75, 3.05) is 11.4 Å². The molecule has 0 radical (unpaired) electrons. The molecule has 1 aromatic carbocycles. The largest absolute Gasteiger partial charge is 0.443 e. The van der Waals surface area contributed by atoms with E-state index < -0.39 is 23.6 Å². The molecule has 3 heterocycles.